The van der Waals surface area contributed by atoms with E-state index in [0.717, 1.165) is 47.8 Å². The van der Waals surface area contributed by atoms with Crippen molar-refractivity contribution in [2.24, 2.45) is 10.8 Å². The number of thiophene rings is 1. The number of carbonyl (C=O) groups excluding carboxylic acids is 1. The highest BCUT2D eigenvalue weighted by molar-refractivity contribution is 7.14. The normalized spacial score (nSPS) is 26.1. The monoisotopic (exact) mass is 497 g/mol. The summed E-state index contributed by atoms with van der Waals surface area (Å²) in [6.45, 7) is 2.01. The molecule has 1 amide bonds. The van der Waals surface area contributed by atoms with Crippen molar-refractivity contribution in [3.63, 3.8) is 0 Å². The van der Waals surface area contributed by atoms with E-state index >= 15 is 0 Å². The van der Waals surface area contributed by atoms with Gasteiger partial charge < -0.3 is 14.6 Å². The summed E-state index contributed by atoms with van der Waals surface area (Å²) in [7, 11) is 0. The summed E-state index contributed by atoms with van der Waals surface area (Å²) in [5.41, 5.74) is 4.03. The SMILES string of the molecule is O=C(CC12CCC(C(=O)O)(CC1)CC2)N1CCc2c(n(Cc3csc(Cl)c3)c3ncccc23)C1. The van der Waals surface area contributed by atoms with Crippen molar-refractivity contribution in [1.29, 1.82) is 0 Å². The van der Waals surface area contributed by atoms with Gasteiger partial charge in [-0.25, -0.2) is 4.98 Å². The third-order valence-electron chi connectivity index (χ3n) is 8.71. The summed E-state index contributed by atoms with van der Waals surface area (Å²) in [6, 6.07) is 6.11. The molecule has 3 aliphatic carbocycles. The van der Waals surface area contributed by atoms with Crippen LogP contribution in [0.15, 0.2) is 29.8 Å². The maximum absolute atomic E-state index is 13.5. The molecule has 0 aromatic carbocycles. The highest BCUT2D eigenvalue weighted by Crippen LogP contribution is 2.58. The molecule has 2 bridgehead atoms. The fourth-order valence-corrected chi connectivity index (χ4v) is 7.44. The maximum Gasteiger partial charge on any atom is 0.309 e. The molecule has 1 N–H and O–H groups in total. The second-order valence-electron chi connectivity index (χ2n) is 10.5. The smallest absolute Gasteiger partial charge is 0.309 e. The van der Waals surface area contributed by atoms with Crippen LogP contribution in [0.1, 0.15) is 61.8 Å². The number of hydrogen-bond donors (Lipinski definition) is 1. The Kier molecular flexibility index (Phi) is 5.26. The molecule has 178 valence electrons. The van der Waals surface area contributed by atoms with Gasteiger partial charge in [-0.15, -0.1) is 11.3 Å². The van der Waals surface area contributed by atoms with Gasteiger partial charge >= 0.3 is 5.97 Å². The molecule has 0 unspecified atom stereocenters. The molecular weight excluding hydrogens is 470 g/mol. The number of hydrogen-bond acceptors (Lipinski definition) is 4. The van der Waals surface area contributed by atoms with E-state index in [0.29, 0.717) is 38.8 Å². The number of aliphatic carboxylic acids is 1. The Hall–Kier alpha value is -2.38. The molecule has 7 rings (SSSR count). The Morgan fingerprint density at radius 3 is 2.62 bits per heavy atom. The number of carboxylic acid groups (broad SMARTS) is 1. The average Bonchev–Trinajstić information content (AvgIpc) is 3.41. The summed E-state index contributed by atoms with van der Waals surface area (Å²) in [4.78, 5) is 32.0. The lowest BCUT2D eigenvalue weighted by atomic mass is 9.53. The minimum atomic E-state index is -0.649. The summed E-state index contributed by atoms with van der Waals surface area (Å²) >= 11 is 7.72. The molecule has 6 nitrogen and oxygen atoms in total. The van der Waals surface area contributed by atoms with Crippen LogP contribution in [0.3, 0.4) is 0 Å². The predicted octanol–water partition coefficient (Wildman–Crippen LogP) is 5.50. The van der Waals surface area contributed by atoms with Crippen LogP contribution in [0.2, 0.25) is 4.34 Å². The van der Waals surface area contributed by atoms with Gasteiger partial charge in [0.25, 0.3) is 0 Å². The van der Waals surface area contributed by atoms with Gasteiger partial charge in [0.1, 0.15) is 5.65 Å². The van der Waals surface area contributed by atoms with E-state index in [2.05, 4.69) is 21.0 Å². The first-order chi connectivity index (χ1) is 16.4. The van der Waals surface area contributed by atoms with Crippen molar-refractivity contribution in [1.82, 2.24) is 14.5 Å². The van der Waals surface area contributed by atoms with E-state index in [-0.39, 0.29) is 11.3 Å². The zero-order chi connectivity index (χ0) is 23.5. The molecule has 3 aromatic heterocycles. The zero-order valence-corrected chi connectivity index (χ0v) is 20.6. The molecule has 1 aliphatic heterocycles. The van der Waals surface area contributed by atoms with Crippen molar-refractivity contribution in [3.05, 3.63) is 50.9 Å². The summed E-state index contributed by atoms with van der Waals surface area (Å²) in [5.74, 6) is -0.442. The number of rotatable bonds is 5. The van der Waals surface area contributed by atoms with Crippen molar-refractivity contribution in [2.75, 3.05) is 6.54 Å². The van der Waals surface area contributed by atoms with Gasteiger partial charge in [0.05, 0.1) is 22.8 Å². The van der Waals surface area contributed by atoms with E-state index in [1.165, 1.54) is 28.0 Å². The van der Waals surface area contributed by atoms with Crippen LogP contribution in [-0.2, 0) is 29.1 Å². The van der Waals surface area contributed by atoms with Crippen LogP contribution in [0.25, 0.3) is 11.0 Å². The number of amides is 1. The van der Waals surface area contributed by atoms with Crippen LogP contribution in [0.5, 0.6) is 0 Å². The summed E-state index contributed by atoms with van der Waals surface area (Å²) in [5, 5.41) is 12.9. The fraction of sp³-hybridized carbons (Fsp3) is 0.500. The Morgan fingerprint density at radius 1 is 1.18 bits per heavy atom. The van der Waals surface area contributed by atoms with E-state index < -0.39 is 11.4 Å². The van der Waals surface area contributed by atoms with Crippen LogP contribution in [-0.4, -0.2) is 38.0 Å². The van der Waals surface area contributed by atoms with E-state index in [9.17, 15) is 14.7 Å². The van der Waals surface area contributed by atoms with Crippen molar-refractivity contribution in [3.8, 4) is 0 Å². The van der Waals surface area contributed by atoms with Crippen molar-refractivity contribution >= 4 is 45.8 Å². The second kappa shape index (κ2) is 8.09. The Morgan fingerprint density at radius 2 is 1.94 bits per heavy atom. The maximum atomic E-state index is 13.5. The van der Waals surface area contributed by atoms with Crippen LogP contribution >= 0.6 is 22.9 Å². The van der Waals surface area contributed by atoms with Crippen molar-refractivity contribution in [2.45, 2.75) is 64.5 Å². The van der Waals surface area contributed by atoms with Gasteiger partial charge in [-0.2, -0.15) is 0 Å². The molecule has 4 aliphatic rings. The summed E-state index contributed by atoms with van der Waals surface area (Å²) < 4.78 is 3.03. The van der Waals surface area contributed by atoms with Crippen LogP contribution < -0.4 is 0 Å². The number of carboxylic acids is 1. The first-order valence-corrected chi connectivity index (χ1v) is 13.3. The molecule has 0 atom stereocenters. The van der Waals surface area contributed by atoms with Gasteiger partial charge in [-0.3, -0.25) is 9.59 Å². The molecule has 3 saturated carbocycles. The molecule has 3 aromatic rings. The average molecular weight is 498 g/mol. The predicted molar refractivity (Wildman–Crippen MR) is 132 cm³/mol. The quantitative estimate of drug-likeness (QED) is 0.505. The minimum Gasteiger partial charge on any atom is -0.481 e. The van der Waals surface area contributed by atoms with Gasteiger partial charge in [0.15, 0.2) is 0 Å². The number of carbonyl (C=O) groups is 2. The highest BCUT2D eigenvalue weighted by atomic mass is 35.5. The number of pyridine rings is 1. The zero-order valence-electron chi connectivity index (χ0n) is 19.1. The molecule has 0 spiro atoms. The van der Waals surface area contributed by atoms with Crippen LogP contribution in [0.4, 0.5) is 0 Å². The fourth-order valence-electron chi connectivity index (χ4n) is 6.54. The minimum absolute atomic E-state index is 0.0176. The lowest BCUT2D eigenvalue weighted by Gasteiger charge is -2.51. The van der Waals surface area contributed by atoms with E-state index in [1.54, 1.807) is 0 Å². The highest BCUT2D eigenvalue weighted by Gasteiger charge is 2.53. The second-order valence-corrected chi connectivity index (χ2v) is 12.0. The van der Waals surface area contributed by atoms with Gasteiger partial charge in [0, 0.05) is 30.2 Å². The lowest BCUT2D eigenvalue weighted by Crippen LogP contribution is -2.48. The van der Waals surface area contributed by atoms with Crippen molar-refractivity contribution < 1.29 is 14.7 Å². The molecule has 4 heterocycles. The molecular formula is C26H28ClN3O3S. The molecule has 8 heteroatoms. The molecule has 0 radical (unpaired) electrons. The van der Waals surface area contributed by atoms with Crippen LogP contribution in [0, 0.1) is 10.8 Å². The molecule has 34 heavy (non-hydrogen) atoms. The largest absolute Gasteiger partial charge is 0.481 e. The Balaban J connectivity index is 1.24. The standard InChI is InChI=1S/C26H28ClN3O3S/c27-21-12-17(16-34-21)14-30-20-15-29(11-3-18(20)19-2-1-10-28-23(19)30)22(31)13-25-4-7-26(8-5-25,9-6-25)24(32)33/h1-2,10,12,16H,3-9,11,13-15H2,(H,32,33). The first kappa shape index (κ1) is 22.1. The molecule has 0 saturated heterocycles. The third kappa shape index (κ3) is 3.55. The Labute approximate surface area is 207 Å². The lowest BCUT2D eigenvalue weighted by molar-refractivity contribution is -0.160. The first-order valence-electron chi connectivity index (χ1n) is 12.1. The van der Waals surface area contributed by atoms with Gasteiger partial charge in [-0.1, -0.05) is 11.6 Å². The van der Waals surface area contributed by atoms with Gasteiger partial charge in [0.2, 0.25) is 5.91 Å². The molecule has 3 fully saturated rings. The van der Waals surface area contributed by atoms with E-state index in [4.69, 9.17) is 11.6 Å². The number of aromatic nitrogens is 2. The van der Waals surface area contributed by atoms with Gasteiger partial charge in [-0.05, 0) is 85.1 Å². The third-order valence-corrected chi connectivity index (χ3v) is 9.85. The topological polar surface area (TPSA) is 75.4 Å². The Bertz CT molecular complexity index is 1270. The number of fused-ring (bicyclic) bond motifs is 6. The summed E-state index contributed by atoms with van der Waals surface area (Å²) in [6.07, 6.45) is 7.89. The number of nitrogens with zero attached hydrogens (tertiary/aromatic N) is 3. The van der Waals surface area contributed by atoms with E-state index in [1.807, 2.05) is 23.2 Å². The number of halogens is 1.